The Bertz CT molecular complexity index is 381. The molecule has 118 valence electrons. The molecule has 1 atom stereocenters. The Hall–Kier alpha value is -1.02. The van der Waals surface area contributed by atoms with Crippen molar-refractivity contribution in [2.24, 2.45) is 0 Å². The highest BCUT2D eigenvalue weighted by atomic mass is 16.5. The summed E-state index contributed by atoms with van der Waals surface area (Å²) in [6, 6.07) is 7.98. The van der Waals surface area contributed by atoms with Gasteiger partial charge in [0.25, 0.3) is 0 Å². The monoisotopic (exact) mass is 290 g/mol. The van der Waals surface area contributed by atoms with Gasteiger partial charge in [0.15, 0.2) is 0 Å². The molecule has 0 saturated heterocycles. The van der Waals surface area contributed by atoms with Gasteiger partial charge in [0, 0.05) is 0 Å². The van der Waals surface area contributed by atoms with Crippen molar-refractivity contribution < 1.29 is 9.84 Å². The van der Waals surface area contributed by atoms with E-state index in [9.17, 15) is 5.11 Å². The second-order valence-corrected chi connectivity index (χ2v) is 6.31. The van der Waals surface area contributed by atoms with E-state index in [1.165, 1.54) is 51.4 Å². The normalized spacial score (nSPS) is 15.9. The number of benzene rings is 1. The molecule has 0 spiro atoms. The quantitative estimate of drug-likeness (QED) is 0.553. The van der Waals surface area contributed by atoms with Crippen LogP contribution in [0.25, 0.3) is 0 Å². The summed E-state index contributed by atoms with van der Waals surface area (Å²) in [4.78, 5) is 0. The molecule has 1 aromatic rings. The average molecular weight is 290 g/mol. The molecule has 21 heavy (non-hydrogen) atoms. The van der Waals surface area contributed by atoms with E-state index in [2.05, 4.69) is 6.92 Å². The Morgan fingerprint density at radius 3 is 2.24 bits per heavy atom. The summed E-state index contributed by atoms with van der Waals surface area (Å²) >= 11 is 0. The lowest BCUT2D eigenvalue weighted by Crippen LogP contribution is -1.99. The summed E-state index contributed by atoms with van der Waals surface area (Å²) in [5.74, 6) is 0.935. The summed E-state index contributed by atoms with van der Waals surface area (Å²) in [6.45, 7) is 2.25. The van der Waals surface area contributed by atoms with E-state index < -0.39 is 0 Å². The van der Waals surface area contributed by atoms with Gasteiger partial charge in [-0.05, 0) is 37.0 Å². The third-order valence-electron chi connectivity index (χ3n) is 4.17. The van der Waals surface area contributed by atoms with E-state index in [1.54, 1.807) is 0 Å². The summed E-state index contributed by atoms with van der Waals surface area (Å²) in [5, 5.41) is 10.2. The van der Waals surface area contributed by atoms with Crippen LogP contribution >= 0.6 is 0 Å². The molecule has 0 aromatic heterocycles. The van der Waals surface area contributed by atoms with Crippen LogP contribution < -0.4 is 4.74 Å². The first-order valence-electron chi connectivity index (χ1n) is 8.74. The van der Waals surface area contributed by atoms with E-state index in [4.69, 9.17) is 4.74 Å². The fraction of sp³-hybridized carbons (Fsp3) is 0.684. The molecule has 1 aliphatic carbocycles. The van der Waals surface area contributed by atoms with Crippen LogP contribution in [0.1, 0.15) is 82.8 Å². The minimum absolute atomic E-state index is 0.324. The lowest BCUT2D eigenvalue weighted by molar-refractivity contribution is 0.163. The minimum atomic E-state index is -0.324. The van der Waals surface area contributed by atoms with Gasteiger partial charge < -0.3 is 9.84 Å². The van der Waals surface area contributed by atoms with Crippen LogP contribution in [0.5, 0.6) is 5.75 Å². The molecular weight excluding hydrogens is 260 g/mol. The molecule has 1 aliphatic rings. The van der Waals surface area contributed by atoms with Crippen molar-refractivity contribution in [1.82, 2.24) is 0 Å². The maximum atomic E-state index is 10.2. The van der Waals surface area contributed by atoms with Crippen molar-refractivity contribution >= 4 is 0 Å². The van der Waals surface area contributed by atoms with Crippen LogP contribution in [-0.4, -0.2) is 11.2 Å². The molecule has 1 unspecified atom stereocenters. The fourth-order valence-electron chi connectivity index (χ4n) is 2.61. The Labute approximate surface area is 129 Å². The van der Waals surface area contributed by atoms with Gasteiger partial charge in [0.2, 0.25) is 0 Å². The molecule has 1 N–H and O–H groups in total. The van der Waals surface area contributed by atoms with Crippen molar-refractivity contribution in [1.29, 1.82) is 0 Å². The minimum Gasteiger partial charge on any atom is -0.490 e. The second-order valence-electron chi connectivity index (χ2n) is 6.31. The smallest absolute Gasteiger partial charge is 0.119 e. The van der Waals surface area contributed by atoms with E-state index in [0.717, 1.165) is 24.2 Å². The van der Waals surface area contributed by atoms with Gasteiger partial charge in [0.05, 0.1) is 12.2 Å². The van der Waals surface area contributed by atoms with Crippen LogP contribution in [0.15, 0.2) is 24.3 Å². The van der Waals surface area contributed by atoms with Gasteiger partial charge in [-0.15, -0.1) is 0 Å². The first-order chi connectivity index (χ1) is 10.3. The van der Waals surface area contributed by atoms with Crippen molar-refractivity contribution in [2.45, 2.75) is 83.3 Å². The van der Waals surface area contributed by atoms with Gasteiger partial charge in [-0.2, -0.15) is 0 Å². The molecule has 0 bridgehead atoms. The highest BCUT2D eigenvalue weighted by Crippen LogP contribution is 2.28. The van der Waals surface area contributed by atoms with Gasteiger partial charge >= 0.3 is 0 Å². The highest BCUT2D eigenvalue weighted by Gasteiger charge is 2.23. The van der Waals surface area contributed by atoms with Gasteiger partial charge in [-0.1, -0.05) is 64.0 Å². The predicted octanol–water partition coefficient (Wildman–Crippen LogP) is 5.40. The summed E-state index contributed by atoms with van der Waals surface area (Å²) < 4.78 is 5.72. The average Bonchev–Trinajstić information content (AvgIpc) is 3.31. The van der Waals surface area contributed by atoms with E-state index in [0.29, 0.717) is 6.10 Å². The molecule has 1 aromatic carbocycles. The number of aliphatic hydroxyl groups is 1. The maximum absolute atomic E-state index is 10.2. The standard InChI is InChI=1S/C19H30O2/c1-2-3-4-5-6-7-8-9-19(20)16-10-12-17(13-11-16)21-18-14-15-18/h10-13,18-20H,2-9,14-15H2,1H3. The highest BCUT2D eigenvalue weighted by molar-refractivity contribution is 5.29. The van der Waals surface area contributed by atoms with E-state index >= 15 is 0 Å². The van der Waals surface area contributed by atoms with Crippen molar-refractivity contribution in [3.8, 4) is 5.75 Å². The predicted molar refractivity (Wildman–Crippen MR) is 87.7 cm³/mol. The lowest BCUT2D eigenvalue weighted by Gasteiger charge is -2.12. The lowest BCUT2D eigenvalue weighted by atomic mass is 10.0. The van der Waals surface area contributed by atoms with Crippen LogP contribution in [0.4, 0.5) is 0 Å². The second kappa shape index (κ2) is 9.09. The Morgan fingerprint density at radius 1 is 1.00 bits per heavy atom. The van der Waals surface area contributed by atoms with E-state index in [1.807, 2.05) is 24.3 Å². The van der Waals surface area contributed by atoms with Crippen LogP contribution in [0.3, 0.4) is 0 Å². The third kappa shape index (κ3) is 6.52. The summed E-state index contributed by atoms with van der Waals surface area (Å²) in [6.07, 6.45) is 12.4. The molecule has 2 heteroatoms. The van der Waals surface area contributed by atoms with Gasteiger partial charge in [-0.25, -0.2) is 0 Å². The Kier molecular flexibility index (Phi) is 7.08. The number of hydrogen-bond acceptors (Lipinski definition) is 2. The van der Waals surface area contributed by atoms with E-state index in [-0.39, 0.29) is 6.10 Å². The fourth-order valence-corrected chi connectivity index (χ4v) is 2.61. The summed E-state index contributed by atoms with van der Waals surface area (Å²) in [5.41, 5.74) is 1.02. The number of hydrogen-bond donors (Lipinski definition) is 1. The molecular formula is C19H30O2. The van der Waals surface area contributed by atoms with Crippen molar-refractivity contribution in [3.05, 3.63) is 29.8 Å². The first-order valence-corrected chi connectivity index (χ1v) is 8.74. The number of unbranched alkanes of at least 4 members (excludes halogenated alkanes) is 6. The largest absolute Gasteiger partial charge is 0.490 e. The molecule has 1 fully saturated rings. The van der Waals surface area contributed by atoms with Gasteiger partial charge in [-0.3, -0.25) is 0 Å². The molecule has 0 radical (unpaired) electrons. The molecule has 1 saturated carbocycles. The number of aliphatic hydroxyl groups excluding tert-OH is 1. The first kappa shape index (κ1) is 16.4. The third-order valence-corrected chi connectivity index (χ3v) is 4.17. The Morgan fingerprint density at radius 2 is 1.62 bits per heavy atom. The number of ether oxygens (including phenoxy) is 1. The summed E-state index contributed by atoms with van der Waals surface area (Å²) in [7, 11) is 0. The topological polar surface area (TPSA) is 29.5 Å². The molecule has 0 heterocycles. The SMILES string of the molecule is CCCCCCCCCC(O)c1ccc(OC2CC2)cc1. The maximum Gasteiger partial charge on any atom is 0.119 e. The van der Waals surface area contributed by atoms with Gasteiger partial charge in [0.1, 0.15) is 5.75 Å². The molecule has 0 amide bonds. The number of rotatable bonds is 11. The molecule has 0 aliphatic heterocycles. The Balaban J connectivity index is 1.59. The molecule has 2 nitrogen and oxygen atoms in total. The van der Waals surface area contributed by atoms with Crippen molar-refractivity contribution in [3.63, 3.8) is 0 Å². The zero-order chi connectivity index (χ0) is 14.9. The van der Waals surface area contributed by atoms with Crippen LogP contribution in [0.2, 0.25) is 0 Å². The molecule has 2 rings (SSSR count). The zero-order valence-corrected chi connectivity index (χ0v) is 13.4. The zero-order valence-electron chi connectivity index (χ0n) is 13.4. The van der Waals surface area contributed by atoms with Crippen LogP contribution in [-0.2, 0) is 0 Å². The van der Waals surface area contributed by atoms with Crippen molar-refractivity contribution in [2.75, 3.05) is 0 Å². The van der Waals surface area contributed by atoms with Crippen LogP contribution in [0, 0.1) is 0 Å².